The predicted octanol–water partition coefficient (Wildman–Crippen LogP) is 2.36. The maximum atomic E-state index is 13.0. The lowest BCUT2D eigenvalue weighted by molar-refractivity contribution is -0.137. The van der Waals surface area contributed by atoms with Crippen molar-refractivity contribution in [2.24, 2.45) is 5.92 Å². The number of nitrogens with zero attached hydrogens (tertiary/aromatic N) is 2. The van der Waals surface area contributed by atoms with E-state index >= 15 is 0 Å². The molecule has 2 aliphatic heterocycles. The van der Waals surface area contributed by atoms with Gasteiger partial charge < -0.3 is 14.9 Å². The van der Waals surface area contributed by atoms with Gasteiger partial charge in [0.2, 0.25) is 11.8 Å². The maximum absolute atomic E-state index is 13.0. The van der Waals surface area contributed by atoms with Gasteiger partial charge in [0.15, 0.2) is 0 Å². The number of amides is 2. The Hall–Kier alpha value is -1.88. The van der Waals surface area contributed by atoms with E-state index in [1.165, 1.54) is 0 Å². The summed E-state index contributed by atoms with van der Waals surface area (Å²) in [5.74, 6) is -0.0722. The molecule has 3 rings (SSSR count). The fourth-order valence-electron chi connectivity index (χ4n) is 4.07. The molecule has 136 valence electrons. The van der Waals surface area contributed by atoms with Gasteiger partial charge in [0.25, 0.3) is 0 Å². The minimum atomic E-state index is -0.558. The fraction of sp³-hybridized carbons (Fsp3) is 0.600. The zero-order valence-electron chi connectivity index (χ0n) is 15.1. The summed E-state index contributed by atoms with van der Waals surface area (Å²) in [7, 11) is 0. The molecule has 3 atom stereocenters. The van der Waals surface area contributed by atoms with E-state index < -0.39 is 6.10 Å². The molecule has 3 unspecified atom stereocenters. The molecule has 0 bridgehead atoms. The smallest absolute Gasteiger partial charge is 0.228 e. The van der Waals surface area contributed by atoms with Crippen molar-refractivity contribution in [1.82, 2.24) is 9.80 Å². The largest absolute Gasteiger partial charge is 0.388 e. The number of hydrogen-bond donors (Lipinski definition) is 1. The maximum Gasteiger partial charge on any atom is 0.228 e. The van der Waals surface area contributed by atoms with E-state index in [1.54, 1.807) is 4.90 Å². The summed E-state index contributed by atoms with van der Waals surface area (Å²) in [6.07, 6.45) is 2.21. The Bertz CT molecular complexity index is 617. The van der Waals surface area contributed by atoms with E-state index in [1.807, 2.05) is 49.1 Å². The van der Waals surface area contributed by atoms with Gasteiger partial charge in [-0.3, -0.25) is 9.59 Å². The molecule has 1 aromatic carbocycles. The number of benzene rings is 1. The Morgan fingerprint density at radius 2 is 2.00 bits per heavy atom. The summed E-state index contributed by atoms with van der Waals surface area (Å²) < 4.78 is 0. The van der Waals surface area contributed by atoms with Gasteiger partial charge in [0.1, 0.15) is 0 Å². The van der Waals surface area contributed by atoms with Crippen LogP contribution in [0.2, 0.25) is 0 Å². The van der Waals surface area contributed by atoms with Crippen molar-refractivity contribution in [2.75, 3.05) is 13.1 Å². The minimum absolute atomic E-state index is 0.0610. The summed E-state index contributed by atoms with van der Waals surface area (Å²) in [6.45, 7) is 5.23. The second kappa shape index (κ2) is 7.56. The van der Waals surface area contributed by atoms with Gasteiger partial charge in [0.05, 0.1) is 12.0 Å². The van der Waals surface area contributed by atoms with Gasteiger partial charge in [-0.15, -0.1) is 0 Å². The molecule has 0 aliphatic carbocycles. The number of hydrogen-bond acceptors (Lipinski definition) is 3. The molecule has 5 heteroatoms. The molecule has 0 spiro atoms. The molecule has 0 aromatic heterocycles. The lowest BCUT2D eigenvalue weighted by Crippen LogP contribution is -2.41. The van der Waals surface area contributed by atoms with Crippen LogP contribution in [0.15, 0.2) is 30.3 Å². The molecule has 2 amide bonds. The first-order chi connectivity index (χ1) is 12.0. The number of carbonyl (C=O) groups is 2. The summed E-state index contributed by atoms with van der Waals surface area (Å²) in [6, 6.07) is 9.80. The van der Waals surface area contributed by atoms with E-state index in [0.717, 1.165) is 24.9 Å². The summed E-state index contributed by atoms with van der Waals surface area (Å²) in [4.78, 5) is 28.8. The Morgan fingerprint density at radius 1 is 1.28 bits per heavy atom. The van der Waals surface area contributed by atoms with Crippen molar-refractivity contribution in [3.63, 3.8) is 0 Å². The average molecular weight is 344 g/mol. The molecule has 2 saturated heterocycles. The first kappa shape index (κ1) is 17.9. The van der Waals surface area contributed by atoms with E-state index in [0.29, 0.717) is 19.4 Å². The van der Waals surface area contributed by atoms with Crippen LogP contribution in [-0.4, -0.2) is 51.9 Å². The molecule has 0 radical (unpaired) electrons. The third kappa shape index (κ3) is 3.87. The number of aliphatic hydroxyl groups is 1. The summed E-state index contributed by atoms with van der Waals surface area (Å²) in [5.41, 5.74) is 0.892. The van der Waals surface area contributed by atoms with Crippen LogP contribution in [-0.2, 0) is 9.59 Å². The van der Waals surface area contributed by atoms with Gasteiger partial charge in [-0.05, 0) is 38.7 Å². The second-order valence-electron chi connectivity index (χ2n) is 7.53. The van der Waals surface area contributed by atoms with E-state index in [-0.39, 0.29) is 29.8 Å². The zero-order chi connectivity index (χ0) is 18.0. The third-order valence-electron chi connectivity index (χ3n) is 5.47. The molecule has 0 saturated carbocycles. The molecule has 2 heterocycles. The molecule has 5 nitrogen and oxygen atoms in total. The van der Waals surface area contributed by atoms with Crippen molar-refractivity contribution in [3.8, 4) is 0 Å². The highest BCUT2D eigenvalue weighted by Crippen LogP contribution is 2.31. The highest BCUT2D eigenvalue weighted by Gasteiger charge is 2.40. The SMILES string of the molecule is CC(C)N1CC(C(=O)N2CCCC2CC(O)c2ccccc2)CC1=O. The average Bonchev–Trinajstić information content (AvgIpc) is 3.21. The van der Waals surface area contributed by atoms with Crippen LogP contribution in [0.25, 0.3) is 0 Å². The van der Waals surface area contributed by atoms with Crippen molar-refractivity contribution < 1.29 is 14.7 Å². The van der Waals surface area contributed by atoms with Crippen LogP contribution in [0.4, 0.5) is 0 Å². The van der Waals surface area contributed by atoms with Crippen LogP contribution < -0.4 is 0 Å². The van der Waals surface area contributed by atoms with E-state index in [2.05, 4.69) is 0 Å². The minimum Gasteiger partial charge on any atom is -0.388 e. The van der Waals surface area contributed by atoms with E-state index in [9.17, 15) is 14.7 Å². The lowest BCUT2D eigenvalue weighted by Gasteiger charge is -2.29. The normalized spacial score (nSPS) is 25.0. The standard InChI is InChI=1S/C20H28N2O3/c1-14(2)22-13-16(11-19(22)24)20(25)21-10-6-9-17(21)12-18(23)15-7-4-3-5-8-15/h3-5,7-8,14,16-18,23H,6,9-13H2,1-2H3. The summed E-state index contributed by atoms with van der Waals surface area (Å²) >= 11 is 0. The molecule has 2 fully saturated rings. The Balaban J connectivity index is 1.63. The van der Waals surface area contributed by atoms with Gasteiger partial charge in [0, 0.05) is 31.6 Å². The van der Waals surface area contributed by atoms with Crippen LogP contribution in [0.5, 0.6) is 0 Å². The molecule has 1 aromatic rings. The molecular weight excluding hydrogens is 316 g/mol. The zero-order valence-corrected chi connectivity index (χ0v) is 15.1. The third-order valence-corrected chi connectivity index (χ3v) is 5.47. The van der Waals surface area contributed by atoms with Crippen molar-refractivity contribution >= 4 is 11.8 Å². The molecule has 2 aliphatic rings. The van der Waals surface area contributed by atoms with E-state index in [4.69, 9.17) is 0 Å². The Kier molecular flexibility index (Phi) is 5.42. The first-order valence-electron chi connectivity index (χ1n) is 9.30. The Morgan fingerprint density at radius 3 is 2.64 bits per heavy atom. The van der Waals surface area contributed by atoms with Gasteiger partial charge >= 0.3 is 0 Å². The van der Waals surface area contributed by atoms with Gasteiger partial charge in [-0.2, -0.15) is 0 Å². The number of rotatable bonds is 5. The topological polar surface area (TPSA) is 60.9 Å². The van der Waals surface area contributed by atoms with Crippen molar-refractivity contribution in [2.45, 2.75) is 57.7 Å². The van der Waals surface area contributed by atoms with Crippen LogP contribution in [0, 0.1) is 5.92 Å². The highest BCUT2D eigenvalue weighted by atomic mass is 16.3. The second-order valence-corrected chi connectivity index (χ2v) is 7.53. The van der Waals surface area contributed by atoms with Crippen LogP contribution in [0.3, 0.4) is 0 Å². The van der Waals surface area contributed by atoms with Gasteiger partial charge in [-0.1, -0.05) is 30.3 Å². The van der Waals surface area contributed by atoms with Crippen LogP contribution in [0.1, 0.15) is 51.2 Å². The van der Waals surface area contributed by atoms with Gasteiger partial charge in [-0.25, -0.2) is 0 Å². The monoisotopic (exact) mass is 344 g/mol. The molecule has 25 heavy (non-hydrogen) atoms. The quantitative estimate of drug-likeness (QED) is 0.892. The lowest BCUT2D eigenvalue weighted by atomic mass is 9.99. The Labute approximate surface area is 149 Å². The number of aliphatic hydroxyl groups excluding tert-OH is 1. The summed E-state index contributed by atoms with van der Waals surface area (Å²) in [5, 5.41) is 10.5. The predicted molar refractivity (Wildman–Crippen MR) is 95.7 cm³/mol. The van der Waals surface area contributed by atoms with Crippen molar-refractivity contribution in [3.05, 3.63) is 35.9 Å². The van der Waals surface area contributed by atoms with Crippen molar-refractivity contribution in [1.29, 1.82) is 0 Å². The fourth-order valence-corrected chi connectivity index (χ4v) is 4.07. The highest BCUT2D eigenvalue weighted by molar-refractivity contribution is 5.89. The first-order valence-corrected chi connectivity index (χ1v) is 9.30. The molecular formula is C20H28N2O3. The molecule has 1 N–H and O–H groups in total. The number of carbonyl (C=O) groups excluding carboxylic acids is 2. The van der Waals surface area contributed by atoms with Crippen LogP contribution >= 0.6 is 0 Å². The number of likely N-dealkylation sites (tertiary alicyclic amines) is 2.